The van der Waals surface area contributed by atoms with Gasteiger partial charge < -0.3 is 14.6 Å². The molecule has 3 aromatic rings. The summed E-state index contributed by atoms with van der Waals surface area (Å²) in [5, 5.41) is 11.7. The molecule has 5 heteroatoms. The summed E-state index contributed by atoms with van der Waals surface area (Å²) in [6.45, 7) is 7.95. The molecule has 2 aromatic carbocycles. The van der Waals surface area contributed by atoms with E-state index in [-0.39, 0.29) is 17.0 Å². The van der Waals surface area contributed by atoms with Crippen molar-refractivity contribution in [2.75, 3.05) is 23.3 Å². The third-order valence-corrected chi connectivity index (χ3v) is 4.40. The molecule has 0 fully saturated rings. The van der Waals surface area contributed by atoms with Gasteiger partial charge in [-0.05, 0) is 56.7 Å². The van der Waals surface area contributed by atoms with E-state index in [1.165, 1.54) is 0 Å². The maximum absolute atomic E-state index is 12.6. The van der Waals surface area contributed by atoms with Gasteiger partial charge in [-0.2, -0.15) is 0 Å². The fourth-order valence-corrected chi connectivity index (χ4v) is 2.99. The van der Waals surface area contributed by atoms with Crippen LogP contribution in [0.2, 0.25) is 0 Å². The average Bonchev–Trinajstić information content (AvgIpc) is 2.62. The first-order valence-corrected chi connectivity index (χ1v) is 8.77. The molecule has 26 heavy (non-hydrogen) atoms. The Morgan fingerprint density at radius 3 is 2.58 bits per heavy atom. The molecule has 0 saturated carbocycles. The van der Waals surface area contributed by atoms with Crippen molar-refractivity contribution >= 4 is 28.3 Å². The molecule has 0 aliphatic heterocycles. The van der Waals surface area contributed by atoms with E-state index in [0.717, 1.165) is 29.7 Å². The first kappa shape index (κ1) is 17.7. The summed E-state index contributed by atoms with van der Waals surface area (Å²) in [5.74, 6) is -0.348. The van der Waals surface area contributed by atoms with E-state index in [1.54, 1.807) is 6.07 Å². The number of benzene rings is 2. The lowest BCUT2D eigenvalue weighted by Gasteiger charge is -2.21. The molecule has 1 amide bonds. The smallest absolute Gasteiger partial charge is 0.261 e. The molecule has 1 aromatic heterocycles. The zero-order valence-electron chi connectivity index (χ0n) is 15.3. The predicted molar refractivity (Wildman–Crippen MR) is 105 cm³/mol. The number of amides is 1. The van der Waals surface area contributed by atoms with E-state index in [4.69, 9.17) is 9.83 Å². The lowest BCUT2D eigenvalue weighted by molar-refractivity contribution is 0.102. The number of nitrogens with zero attached hydrogens (tertiary/aromatic N) is 1. The van der Waals surface area contributed by atoms with Gasteiger partial charge in [-0.15, -0.1) is 0 Å². The number of carbonyl (C=O) groups is 1. The van der Waals surface area contributed by atoms with Gasteiger partial charge in [-0.3, -0.25) is 10.2 Å². The largest absolute Gasteiger partial charge is 0.438 e. The molecule has 1 heterocycles. The first-order valence-electron chi connectivity index (χ1n) is 8.77. The Morgan fingerprint density at radius 2 is 1.88 bits per heavy atom. The summed E-state index contributed by atoms with van der Waals surface area (Å²) in [7, 11) is 0. The Balaban J connectivity index is 1.94. The van der Waals surface area contributed by atoms with Gasteiger partial charge in [0.05, 0.1) is 0 Å². The second-order valence-electron chi connectivity index (χ2n) is 6.21. The number of hydrogen-bond donors (Lipinski definition) is 2. The van der Waals surface area contributed by atoms with Crippen LogP contribution in [0.4, 0.5) is 11.4 Å². The molecule has 0 aliphatic rings. The van der Waals surface area contributed by atoms with Crippen molar-refractivity contribution in [2.24, 2.45) is 0 Å². The number of aryl methyl sites for hydroxylation is 1. The van der Waals surface area contributed by atoms with Gasteiger partial charge in [0.15, 0.2) is 0 Å². The van der Waals surface area contributed by atoms with Crippen molar-refractivity contribution in [3.63, 3.8) is 0 Å². The van der Waals surface area contributed by atoms with Crippen molar-refractivity contribution in [1.29, 1.82) is 5.41 Å². The van der Waals surface area contributed by atoms with Crippen molar-refractivity contribution in [3.8, 4) is 0 Å². The molecule has 0 bridgehead atoms. The minimum atomic E-state index is -0.348. The molecule has 0 aliphatic carbocycles. The van der Waals surface area contributed by atoms with Crippen LogP contribution in [0.1, 0.15) is 29.8 Å². The molecule has 0 saturated heterocycles. The van der Waals surface area contributed by atoms with Crippen molar-refractivity contribution in [3.05, 3.63) is 65.2 Å². The van der Waals surface area contributed by atoms with Gasteiger partial charge in [-0.25, -0.2) is 0 Å². The monoisotopic (exact) mass is 349 g/mol. The molecule has 134 valence electrons. The maximum atomic E-state index is 12.6. The quantitative estimate of drug-likeness (QED) is 0.721. The summed E-state index contributed by atoms with van der Waals surface area (Å²) in [6.07, 6.45) is 0. The summed E-state index contributed by atoms with van der Waals surface area (Å²) >= 11 is 0. The Bertz CT molecular complexity index is 1000. The topological polar surface area (TPSA) is 69.3 Å². The van der Waals surface area contributed by atoms with Crippen LogP contribution >= 0.6 is 0 Å². The second-order valence-corrected chi connectivity index (χ2v) is 6.21. The highest BCUT2D eigenvalue weighted by molar-refractivity contribution is 6.05. The molecule has 3 rings (SSSR count). The van der Waals surface area contributed by atoms with E-state index in [2.05, 4.69) is 24.1 Å². The molecule has 5 nitrogen and oxygen atoms in total. The number of hydrogen-bond acceptors (Lipinski definition) is 4. The zero-order valence-corrected chi connectivity index (χ0v) is 15.3. The predicted octanol–water partition coefficient (Wildman–Crippen LogP) is 4.32. The van der Waals surface area contributed by atoms with E-state index >= 15 is 0 Å². The Hall–Kier alpha value is -3.08. The van der Waals surface area contributed by atoms with E-state index < -0.39 is 0 Å². The van der Waals surface area contributed by atoms with Crippen molar-refractivity contribution < 1.29 is 9.21 Å². The van der Waals surface area contributed by atoms with E-state index in [1.807, 2.05) is 49.4 Å². The fraction of sp³-hybridized carbons (Fsp3) is 0.238. The zero-order chi connectivity index (χ0) is 18.7. The van der Waals surface area contributed by atoms with Crippen LogP contribution in [-0.2, 0) is 0 Å². The van der Waals surface area contributed by atoms with E-state index in [9.17, 15) is 4.79 Å². The molecule has 0 spiro atoms. The van der Waals surface area contributed by atoms with Gasteiger partial charge in [0.1, 0.15) is 11.1 Å². The lowest BCUT2D eigenvalue weighted by atomic mass is 10.1. The van der Waals surface area contributed by atoms with Crippen molar-refractivity contribution in [2.45, 2.75) is 20.8 Å². The summed E-state index contributed by atoms with van der Waals surface area (Å²) in [5.41, 5.74) is 3.48. The van der Waals surface area contributed by atoms with Crippen LogP contribution in [0.15, 0.2) is 52.9 Å². The number of fused-ring (bicyclic) bond motifs is 1. The minimum Gasteiger partial charge on any atom is -0.438 e. The van der Waals surface area contributed by atoms with Crippen LogP contribution in [0, 0.1) is 12.3 Å². The third kappa shape index (κ3) is 3.61. The minimum absolute atomic E-state index is 0.139. The molecule has 2 N–H and O–H groups in total. The lowest BCUT2D eigenvalue weighted by Crippen LogP contribution is -2.22. The van der Waals surface area contributed by atoms with Crippen LogP contribution in [0.5, 0.6) is 0 Å². The molecule has 0 atom stereocenters. The summed E-state index contributed by atoms with van der Waals surface area (Å²) in [4.78, 5) is 14.8. The van der Waals surface area contributed by atoms with Gasteiger partial charge >= 0.3 is 0 Å². The second kappa shape index (κ2) is 7.44. The number of rotatable bonds is 5. The third-order valence-electron chi connectivity index (χ3n) is 4.40. The highest BCUT2D eigenvalue weighted by atomic mass is 16.3. The Labute approximate surface area is 152 Å². The molecular formula is C21H23N3O2. The molecular weight excluding hydrogens is 326 g/mol. The number of anilines is 2. The van der Waals surface area contributed by atoms with Crippen molar-refractivity contribution in [1.82, 2.24) is 0 Å². The number of carbonyl (C=O) groups excluding carboxylic acids is 1. The molecule has 0 radical (unpaired) electrons. The average molecular weight is 349 g/mol. The SMILES string of the molecule is CCN(CC)c1ccc2cc(C(=O)Nc3cccc(C)c3)c(=N)oc2c1. The maximum Gasteiger partial charge on any atom is 0.261 e. The Kier molecular flexibility index (Phi) is 5.07. The van der Waals surface area contributed by atoms with Gasteiger partial charge in [0, 0.05) is 35.9 Å². The number of nitrogens with one attached hydrogen (secondary N) is 2. The fourth-order valence-electron chi connectivity index (χ4n) is 2.99. The highest BCUT2D eigenvalue weighted by Crippen LogP contribution is 2.22. The summed E-state index contributed by atoms with van der Waals surface area (Å²) < 4.78 is 5.63. The Morgan fingerprint density at radius 1 is 1.12 bits per heavy atom. The highest BCUT2D eigenvalue weighted by Gasteiger charge is 2.13. The standard InChI is InChI=1S/C21H23N3O2/c1-4-24(5-2)17-10-9-15-12-18(20(22)26-19(15)13-17)21(25)23-16-8-6-7-14(3)11-16/h6-13,22H,4-5H2,1-3H3,(H,23,25). The van der Waals surface area contributed by atoms with Crippen LogP contribution in [-0.4, -0.2) is 19.0 Å². The normalized spacial score (nSPS) is 10.7. The van der Waals surface area contributed by atoms with Gasteiger partial charge in [-0.1, -0.05) is 12.1 Å². The van der Waals surface area contributed by atoms with Gasteiger partial charge in [0.25, 0.3) is 5.91 Å². The van der Waals surface area contributed by atoms with E-state index in [0.29, 0.717) is 11.3 Å². The van der Waals surface area contributed by atoms with Crippen LogP contribution in [0.25, 0.3) is 11.0 Å². The first-order chi connectivity index (χ1) is 12.5. The molecule has 0 unspecified atom stereocenters. The van der Waals surface area contributed by atoms with Gasteiger partial charge in [0.2, 0.25) is 5.55 Å². The van der Waals surface area contributed by atoms with Crippen LogP contribution in [0.3, 0.4) is 0 Å². The van der Waals surface area contributed by atoms with Crippen LogP contribution < -0.4 is 15.8 Å². The summed E-state index contributed by atoms with van der Waals surface area (Å²) in [6, 6.07) is 15.1.